The summed E-state index contributed by atoms with van der Waals surface area (Å²) in [6.07, 6.45) is 8.67. The molecule has 1 unspecified atom stereocenters. The van der Waals surface area contributed by atoms with Crippen molar-refractivity contribution in [2.45, 2.75) is 50.6 Å². The molecular weight excluding hydrogens is 240 g/mol. The molecule has 1 aromatic heterocycles. The van der Waals surface area contributed by atoms with Crippen molar-refractivity contribution >= 4 is 5.91 Å². The topological polar surface area (TPSA) is 64.2 Å². The summed E-state index contributed by atoms with van der Waals surface area (Å²) in [4.78, 5) is 18.7. The van der Waals surface area contributed by atoms with Crippen molar-refractivity contribution in [2.75, 3.05) is 13.1 Å². The quantitative estimate of drug-likeness (QED) is 0.887. The summed E-state index contributed by atoms with van der Waals surface area (Å²) in [6, 6.07) is 0.359. The smallest absolute Gasteiger partial charge is 0.242 e. The van der Waals surface area contributed by atoms with E-state index >= 15 is 0 Å². The predicted molar refractivity (Wildman–Crippen MR) is 72.6 cm³/mol. The molecule has 0 bridgehead atoms. The number of rotatable bonds is 3. The van der Waals surface area contributed by atoms with Gasteiger partial charge in [-0.3, -0.25) is 4.79 Å². The zero-order chi connectivity index (χ0) is 13.5. The van der Waals surface area contributed by atoms with E-state index in [0.29, 0.717) is 6.04 Å². The standard InChI is InChI=1S/C14H22N4O/c1-2-12-16-7-9-18(12)11-4-3-8-17(10-11)13(19)14(15)5-6-14/h7,9,11H,2-6,8,10,15H2,1H3. The molecular formula is C14H22N4O. The number of aromatic nitrogens is 2. The van der Waals surface area contributed by atoms with Crippen molar-refractivity contribution < 1.29 is 4.79 Å². The summed E-state index contributed by atoms with van der Waals surface area (Å²) in [6.45, 7) is 3.75. The molecule has 0 aromatic carbocycles. The van der Waals surface area contributed by atoms with Crippen molar-refractivity contribution in [3.8, 4) is 0 Å². The zero-order valence-corrected chi connectivity index (χ0v) is 11.5. The monoisotopic (exact) mass is 262 g/mol. The van der Waals surface area contributed by atoms with Crippen LogP contribution in [-0.2, 0) is 11.2 Å². The lowest BCUT2D eigenvalue weighted by molar-refractivity contribution is -0.135. The lowest BCUT2D eigenvalue weighted by Crippen LogP contribution is -2.49. The summed E-state index contributed by atoms with van der Waals surface area (Å²) in [5.41, 5.74) is 5.49. The molecule has 1 aliphatic heterocycles. The third-order valence-electron chi connectivity index (χ3n) is 4.36. The van der Waals surface area contributed by atoms with E-state index in [-0.39, 0.29) is 5.91 Å². The van der Waals surface area contributed by atoms with Gasteiger partial charge in [0.15, 0.2) is 0 Å². The summed E-state index contributed by atoms with van der Waals surface area (Å²) in [5.74, 6) is 1.25. The van der Waals surface area contributed by atoms with Crippen LogP contribution in [0.4, 0.5) is 0 Å². The lowest BCUT2D eigenvalue weighted by Gasteiger charge is -2.35. The number of nitrogens with zero attached hydrogens (tertiary/aromatic N) is 3. The van der Waals surface area contributed by atoms with Crippen molar-refractivity contribution in [1.82, 2.24) is 14.5 Å². The number of carbonyl (C=O) groups is 1. The van der Waals surface area contributed by atoms with Crippen molar-refractivity contribution in [2.24, 2.45) is 5.73 Å². The molecule has 19 heavy (non-hydrogen) atoms. The van der Waals surface area contributed by atoms with E-state index in [1.165, 1.54) is 0 Å². The van der Waals surface area contributed by atoms with Gasteiger partial charge in [-0.2, -0.15) is 0 Å². The number of hydrogen-bond donors (Lipinski definition) is 1. The molecule has 1 atom stereocenters. The molecule has 2 aliphatic rings. The average molecular weight is 262 g/mol. The first-order chi connectivity index (χ1) is 9.14. The molecule has 2 fully saturated rings. The number of imidazole rings is 1. The molecule has 1 saturated heterocycles. The average Bonchev–Trinajstić information content (AvgIpc) is 3.02. The van der Waals surface area contributed by atoms with Crippen LogP contribution in [0, 0.1) is 0 Å². The number of carbonyl (C=O) groups excluding carboxylic acids is 1. The number of aryl methyl sites for hydroxylation is 1. The number of amides is 1. The normalized spacial score (nSPS) is 25.4. The minimum atomic E-state index is -0.537. The van der Waals surface area contributed by atoms with Gasteiger partial charge in [-0.05, 0) is 25.7 Å². The van der Waals surface area contributed by atoms with Crippen LogP contribution in [0.1, 0.15) is 44.5 Å². The summed E-state index contributed by atoms with van der Waals surface area (Å²) in [7, 11) is 0. The Morgan fingerprint density at radius 2 is 2.37 bits per heavy atom. The van der Waals surface area contributed by atoms with Crippen LogP contribution in [0.2, 0.25) is 0 Å². The van der Waals surface area contributed by atoms with Crippen LogP contribution < -0.4 is 5.73 Å². The molecule has 1 saturated carbocycles. The van der Waals surface area contributed by atoms with Crippen molar-refractivity contribution in [3.63, 3.8) is 0 Å². The molecule has 1 aliphatic carbocycles. The maximum absolute atomic E-state index is 12.3. The van der Waals surface area contributed by atoms with Crippen LogP contribution >= 0.6 is 0 Å². The summed E-state index contributed by atoms with van der Waals surface area (Å²) >= 11 is 0. The van der Waals surface area contributed by atoms with Crippen LogP contribution in [0.25, 0.3) is 0 Å². The van der Waals surface area contributed by atoms with Gasteiger partial charge < -0.3 is 15.2 Å². The first-order valence-corrected chi connectivity index (χ1v) is 7.24. The number of nitrogens with two attached hydrogens (primary N) is 1. The Morgan fingerprint density at radius 3 is 3.05 bits per heavy atom. The maximum atomic E-state index is 12.3. The molecule has 5 nitrogen and oxygen atoms in total. The Kier molecular flexibility index (Phi) is 3.09. The first kappa shape index (κ1) is 12.7. The SMILES string of the molecule is CCc1nccn1C1CCCN(C(=O)C2(N)CC2)C1. The van der Waals surface area contributed by atoms with E-state index in [2.05, 4.69) is 16.5 Å². The van der Waals surface area contributed by atoms with E-state index in [1.54, 1.807) is 0 Å². The third-order valence-corrected chi connectivity index (χ3v) is 4.36. The molecule has 104 valence electrons. The van der Waals surface area contributed by atoms with Crippen LogP contribution in [-0.4, -0.2) is 39.0 Å². The molecule has 0 radical (unpaired) electrons. The fraction of sp³-hybridized carbons (Fsp3) is 0.714. The van der Waals surface area contributed by atoms with Gasteiger partial charge in [0.25, 0.3) is 0 Å². The van der Waals surface area contributed by atoms with E-state index in [4.69, 9.17) is 5.73 Å². The van der Waals surface area contributed by atoms with Gasteiger partial charge in [0.1, 0.15) is 5.82 Å². The molecule has 1 amide bonds. The molecule has 1 aromatic rings. The van der Waals surface area contributed by atoms with E-state index in [9.17, 15) is 4.79 Å². The Balaban J connectivity index is 1.73. The van der Waals surface area contributed by atoms with Gasteiger partial charge in [-0.1, -0.05) is 6.92 Å². The third kappa shape index (κ3) is 2.27. The first-order valence-electron chi connectivity index (χ1n) is 7.24. The lowest BCUT2D eigenvalue weighted by atomic mass is 10.0. The number of piperidine rings is 1. The van der Waals surface area contributed by atoms with Crippen molar-refractivity contribution in [1.29, 1.82) is 0 Å². The highest BCUT2D eigenvalue weighted by Gasteiger charge is 2.48. The molecule has 3 rings (SSSR count). The highest BCUT2D eigenvalue weighted by atomic mass is 16.2. The highest BCUT2D eigenvalue weighted by molar-refractivity contribution is 5.89. The number of likely N-dealkylation sites (tertiary alicyclic amines) is 1. The van der Waals surface area contributed by atoms with Gasteiger partial charge in [0.2, 0.25) is 5.91 Å². The Bertz CT molecular complexity index is 478. The zero-order valence-electron chi connectivity index (χ0n) is 11.5. The minimum Gasteiger partial charge on any atom is -0.339 e. The second-order valence-electron chi connectivity index (χ2n) is 5.81. The maximum Gasteiger partial charge on any atom is 0.242 e. The second kappa shape index (κ2) is 4.63. The number of hydrogen-bond acceptors (Lipinski definition) is 3. The van der Waals surface area contributed by atoms with Gasteiger partial charge in [0.05, 0.1) is 11.6 Å². The van der Waals surface area contributed by atoms with Gasteiger partial charge in [0, 0.05) is 31.9 Å². The van der Waals surface area contributed by atoms with E-state index in [0.717, 1.165) is 51.0 Å². The minimum absolute atomic E-state index is 0.148. The van der Waals surface area contributed by atoms with E-state index < -0.39 is 5.54 Å². The Labute approximate surface area is 113 Å². The fourth-order valence-electron chi connectivity index (χ4n) is 2.98. The molecule has 5 heteroatoms. The summed E-state index contributed by atoms with van der Waals surface area (Å²) < 4.78 is 2.23. The fourth-order valence-corrected chi connectivity index (χ4v) is 2.98. The molecule has 0 spiro atoms. The summed E-state index contributed by atoms with van der Waals surface area (Å²) in [5, 5.41) is 0. The van der Waals surface area contributed by atoms with Crippen LogP contribution in [0.3, 0.4) is 0 Å². The van der Waals surface area contributed by atoms with E-state index in [1.807, 2.05) is 17.3 Å². The van der Waals surface area contributed by atoms with Crippen molar-refractivity contribution in [3.05, 3.63) is 18.2 Å². The molecule has 2 heterocycles. The van der Waals surface area contributed by atoms with Crippen LogP contribution in [0.15, 0.2) is 12.4 Å². The predicted octanol–water partition coefficient (Wildman–Crippen LogP) is 1.10. The van der Waals surface area contributed by atoms with Gasteiger partial charge >= 0.3 is 0 Å². The van der Waals surface area contributed by atoms with Gasteiger partial charge in [-0.15, -0.1) is 0 Å². The van der Waals surface area contributed by atoms with Crippen LogP contribution in [0.5, 0.6) is 0 Å². The second-order valence-corrected chi connectivity index (χ2v) is 5.81. The Morgan fingerprint density at radius 1 is 1.58 bits per heavy atom. The van der Waals surface area contributed by atoms with Gasteiger partial charge in [-0.25, -0.2) is 4.98 Å². The highest BCUT2D eigenvalue weighted by Crippen LogP contribution is 2.35. The largest absolute Gasteiger partial charge is 0.339 e. The Hall–Kier alpha value is -1.36. The molecule has 2 N–H and O–H groups in total.